The van der Waals surface area contributed by atoms with Crippen molar-refractivity contribution in [2.45, 2.75) is 106 Å². The molecule has 166 valence electrons. The first-order chi connectivity index (χ1) is 13.9. The molecule has 0 nitrogen and oxygen atoms in total. The van der Waals surface area contributed by atoms with Crippen LogP contribution >= 0.6 is 0 Å². The molecule has 0 aliphatic heterocycles. The van der Waals surface area contributed by atoms with Gasteiger partial charge < -0.3 is 0 Å². The van der Waals surface area contributed by atoms with Crippen LogP contribution in [0.1, 0.15) is 107 Å². The van der Waals surface area contributed by atoms with Gasteiger partial charge in [-0.3, -0.25) is 4.39 Å². The van der Waals surface area contributed by atoms with E-state index >= 15 is 0 Å². The monoisotopic (exact) mass is 534 g/mol. The SMILES string of the molecule is C=C(/C=C\c1c(C)[c-]c(C)c2c1CCC2)CCC.CCC.CCC(CC)CCF.[Cs+]. The van der Waals surface area contributed by atoms with Crippen molar-refractivity contribution in [1.29, 1.82) is 0 Å². The quantitative estimate of drug-likeness (QED) is 0.277. The number of allylic oxidation sites excluding steroid dienone is 2. The molecule has 1 aromatic carbocycles. The first kappa shape index (κ1) is 32.9. The molecular formula is C28H46CsF. The van der Waals surface area contributed by atoms with E-state index in [-0.39, 0.29) is 75.6 Å². The molecule has 0 saturated heterocycles. The van der Waals surface area contributed by atoms with Gasteiger partial charge in [-0.15, -0.1) is 22.8 Å². The summed E-state index contributed by atoms with van der Waals surface area (Å²) in [5.74, 6) is 0.625. The van der Waals surface area contributed by atoms with Crippen molar-refractivity contribution in [3.8, 4) is 0 Å². The van der Waals surface area contributed by atoms with Gasteiger partial charge in [0.2, 0.25) is 0 Å². The summed E-state index contributed by atoms with van der Waals surface area (Å²) in [6.45, 7) is 19.0. The van der Waals surface area contributed by atoms with Crippen LogP contribution in [0.4, 0.5) is 4.39 Å². The van der Waals surface area contributed by atoms with Crippen molar-refractivity contribution in [1.82, 2.24) is 0 Å². The average Bonchev–Trinajstić information content (AvgIpc) is 3.17. The van der Waals surface area contributed by atoms with Crippen LogP contribution < -0.4 is 68.9 Å². The van der Waals surface area contributed by atoms with Gasteiger partial charge in [-0.2, -0.15) is 17.2 Å². The Morgan fingerprint density at radius 3 is 2.07 bits per heavy atom. The third-order valence-electron chi connectivity index (χ3n) is 5.50. The predicted octanol–water partition coefficient (Wildman–Crippen LogP) is 6.16. The van der Waals surface area contributed by atoms with Gasteiger partial charge in [0.1, 0.15) is 0 Å². The van der Waals surface area contributed by atoms with E-state index in [1.54, 1.807) is 11.1 Å². The van der Waals surface area contributed by atoms with Crippen LogP contribution in [0.3, 0.4) is 0 Å². The molecule has 0 amide bonds. The summed E-state index contributed by atoms with van der Waals surface area (Å²) in [6, 6.07) is 3.51. The molecule has 30 heavy (non-hydrogen) atoms. The molecule has 2 heteroatoms. The number of rotatable bonds is 8. The van der Waals surface area contributed by atoms with Gasteiger partial charge >= 0.3 is 68.9 Å². The van der Waals surface area contributed by atoms with E-state index in [0.717, 1.165) is 25.7 Å². The molecule has 0 bridgehead atoms. The Labute approximate surface area is 247 Å². The largest absolute Gasteiger partial charge is 1.00 e. The Morgan fingerprint density at radius 1 is 1.03 bits per heavy atom. The summed E-state index contributed by atoms with van der Waals surface area (Å²) in [5.41, 5.74) is 8.36. The Bertz CT molecular complexity index is 612. The fraction of sp³-hybridized carbons (Fsp3) is 0.643. The maximum absolute atomic E-state index is 11.6. The van der Waals surface area contributed by atoms with Crippen LogP contribution in [0, 0.1) is 25.8 Å². The van der Waals surface area contributed by atoms with E-state index in [1.165, 1.54) is 54.4 Å². The zero-order valence-electron chi connectivity index (χ0n) is 21.4. The van der Waals surface area contributed by atoms with Gasteiger partial charge in [0.15, 0.2) is 0 Å². The molecule has 2 rings (SSSR count). The summed E-state index contributed by atoms with van der Waals surface area (Å²) in [7, 11) is 0. The summed E-state index contributed by atoms with van der Waals surface area (Å²) >= 11 is 0. The molecule has 1 aliphatic rings. The molecule has 0 N–H and O–H groups in total. The van der Waals surface area contributed by atoms with Crippen LogP contribution in [0.5, 0.6) is 0 Å². The van der Waals surface area contributed by atoms with Gasteiger partial charge in [0.25, 0.3) is 0 Å². The number of aryl methyl sites for hydroxylation is 2. The van der Waals surface area contributed by atoms with Crippen molar-refractivity contribution in [3.63, 3.8) is 0 Å². The number of hydrogen-bond acceptors (Lipinski definition) is 0. The minimum absolute atomic E-state index is 0. The van der Waals surface area contributed by atoms with E-state index < -0.39 is 0 Å². The van der Waals surface area contributed by atoms with E-state index in [2.05, 4.69) is 73.3 Å². The van der Waals surface area contributed by atoms with Crippen molar-refractivity contribution < 1.29 is 73.3 Å². The third-order valence-corrected chi connectivity index (χ3v) is 5.50. The number of alkyl halides is 1. The standard InChI is InChI=1S/C18H23.C7H15F.C3H8.Cs/c1-5-7-13(2)10-11-17-15(4)12-14(3)16-8-6-9-18(16)17;1-3-7(4-2)5-6-8;1-3-2;/h10-11H,2,5-9H2,1,3-4H3;7H,3-6H2,1-2H3;3H2,1-2H3;/q-1;;;+1/b11-10-;;;. The van der Waals surface area contributed by atoms with Crippen LogP contribution in [-0.2, 0) is 12.8 Å². The molecule has 1 aliphatic carbocycles. The fourth-order valence-corrected chi connectivity index (χ4v) is 3.79. The third kappa shape index (κ3) is 12.7. The zero-order chi connectivity index (χ0) is 22.2. The maximum Gasteiger partial charge on any atom is 1.00 e. The molecule has 0 radical (unpaired) electrons. The van der Waals surface area contributed by atoms with E-state index in [0.29, 0.717) is 5.92 Å². The van der Waals surface area contributed by atoms with Crippen molar-refractivity contribution >= 4 is 6.08 Å². The summed E-state index contributed by atoms with van der Waals surface area (Å²) in [6.07, 6.45) is 14.7. The molecule has 0 atom stereocenters. The van der Waals surface area contributed by atoms with Crippen LogP contribution in [0.25, 0.3) is 6.08 Å². The molecule has 0 saturated carbocycles. The van der Waals surface area contributed by atoms with Crippen LogP contribution in [-0.4, -0.2) is 6.67 Å². The minimum Gasteiger partial charge on any atom is -0.251 e. The number of fused-ring (bicyclic) bond motifs is 1. The molecule has 1 aromatic rings. The first-order valence-corrected chi connectivity index (χ1v) is 11.9. The Hall–Kier alpha value is 0.682. The normalized spacial score (nSPS) is 11.9. The second-order valence-electron chi connectivity index (χ2n) is 8.21. The van der Waals surface area contributed by atoms with Gasteiger partial charge in [0.05, 0.1) is 6.67 Å². The van der Waals surface area contributed by atoms with E-state index in [1.807, 2.05) is 0 Å². The Balaban J connectivity index is 0. The first-order valence-electron chi connectivity index (χ1n) is 11.9. The second-order valence-corrected chi connectivity index (χ2v) is 8.21. The predicted molar refractivity (Wildman–Crippen MR) is 130 cm³/mol. The summed E-state index contributed by atoms with van der Waals surface area (Å²) in [4.78, 5) is 0. The number of benzene rings is 1. The van der Waals surface area contributed by atoms with Gasteiger partial charge in [-0.25, -0.2) is 0 Å². The fourth-order valence-electron chi connectivity index (χ4n) is 3.79. The maximum atomic E-state index is 11.6. The van der Waals surface area contributed by atoms with Crippen LogP contribution in [0.2, 0.25) is 0 Å². The molecule has 0 fully saturated rings. The summed E-state index contributed by atoms with van der Waals surface area (Å²) in [5, 5.41) is 0. The minimum atomic E-state index is -0.146. The van der Waals surface area contributed by atoms with Gasteiger partial charge in [-0.1, -0.05) is 112 Å². The van der Waals surface area contributed by atoms with Crippen molar-refractivity contribution in [2.24, 2.45) is 5.92 Å². The molecular weight excluding hydrogens is 488 g/mol. The molecule has 0 heterocycles. The molecule has 0 unspecified atom stereocenters. The number of hydrogen-bond donors (Lipinski definition) is 0. The summed E-state index contributed by atoms with van der Waals surface area (Å²) < 4.78 is 11.6. The number of halogens is 1. The van der Waals surface area contributed by atoms with Gasteiger partial charge in [-0.05, 0) is 18.8 Å². The Kier molecular flexibility index (Phi) is 22.2. The smallest absolute Gasteiger partial charge is 0.251 e. The molecule has 0 aromatic heterocycles. The second kappa shape index (κ2) is 20.3. The van der Waals surface area contributed by atoms with Gasteiger partial charge in [0, 0.05) is 0 Å². The Morgan fingerprint density at radius 2 is 1.60 bits per heavy atom. The topological polar surface area (TPSA) is 0 Å². The van der Waals surface area contributed by atoms with Crippen LogP contribution in [0.15, 0.2) is 18.2 Å². The average molecular weight is 535 g/mol. The van der Waals surface area contributed by atoms with Crippen molar-refractivity contribution in [3.05, 3.63) is 52.1 Å². The zero-order valence-corrected chi connectivity index (χ0v) is 27.7. The van der Waals surface area contributed by atoms with E-state index in [4.69, 9.17) is 0 Å². The van der Waals surface area contributed by atoms with E-state index in [9.17, 15) is 4.39 Å². The van der Waals surface area contributed by atoms with Crippen molar-refractivity contribution in [2.75, 3.05) is 6.67 Å². The molecule has 0 spiro atoms.